The molecule has 0 unspecified atom stereocenters. The van der Waals surface area contributed by atoms with Gasteiger partial charge in [-0.15, -0.1) is 0 Å². The van der Waals surface area contributed by atoms with Gasteiger partial charge in [-0.3, -0.25) is 15.0 Å². The lowest BCUT2D eigenvalue weighted by Crippen LogP contribution is -2.36. The van der Waals surface area contributed by atoms with Gasteiger partial charge in [0, 0.05) is 16.6 Å². The van der Waals surface area contributed by atoms with Crippen LogP contribution in [0.15, 0.2) is 65.5 Å². The van der Waals surface area contributed by atoms with Gasteiger partial charge in [0.15, 0.2) is 0 Å². The van der Waals surface area contributed by atoms with E-state index in [2.05, 4.69) is 10.4 Å². The molecule has 0 atom stereocenters. The molecular formula is C24H17FN4O2. The highest BCUT2D eigenvalue weighted by molar-refractivity contribution is 6.10. The monoisotopic (exact) mass is 412 g/mol. The summed E-state index contributed by atoms with van der Waals surface area (Å²) in [7, 11) is 0. The van der Waals surface area contributed by atoms with Crippen LogP contribution in [0, 0.1) is 31.0 Å². The zero-order chi connectivity index (χ0) is 22.1. The number of para-hydroxylation sites is 1. The molecule has 1 amide bonds. The predicted molar refractivity (Wildman–Crippen MR) is 116 cm³/mol. The Bertz CT molecular complexity index is 1430. The van der Waals surface area contributed by atoms with Gasteiger partial charge in [0.25, 0.3) is 11.5 Å². The molecule has 31 heavy (non-hydrogen) atoms. The second kappa shape index (κ2) is 7.84. The number of pyridine rings is 2. The van der Waals surface area contributed by atoms with Crippen molar-refractivity contribution in [3.05, 3.63) is 99.2 Å². The van der Waals surface area contributed by atoms with Crippen molar-refractivity contribution in [3.8, 4) is 17.3 Å². The highest BCUT2D eigenvalue weighted by atomic mass is 19.1. The van der Waals surface area contributed by atoms with E-state index in [1.54, 1.807) is 62.4 Å². The summed E-state index contributed by atoms with van der Waals surface area (Å²) in [6.07, 6.45) is 0. The molecule has 4 aromatic rings. The maximum Gasteiger partial charge on any atom is 0.287 e. The van der Waals surface area contributed by atoms with Crippen molar-refractivity contribution >= 4 is 16.8 Å². The first-order valence-electron chi connectivity index (χ1n) is 9.49. The number of benzene rings is 2. The molecular weight excluding hydrogens is 395 g/mol. The largest absolute Gasteiger partial charge is 0.287 e. The van der Waals surface area contributed by atoms with Gasteiger partial charge >= 0.3 is 0 Å². The van der Waals surface area contributed by atoms with Crippen molar-refractivity contribution in [3.63, 3.8) is 0 Å². The molecule has 0 spiro atoms. The van der Waals surface area contributed by atoms with Gasteiger partial charge in [0.1, 0.15) is 17.4 Å². The standard InChI is InChI=1S/C24H17FN4O2/c1-14-11-15(2)29(24(31)20(14)13-26)28-23(30)19-12-22(16-7-9-17(25)10-8-16)27-21-6-4-3-5-18(19)21/h3-12H,1-2H3,(H,28,30). The molecule has 0 aliphatic rings. The number of nitrogens with zero attached hydrogens (tertiary/aromatic N) is 3. The number of aromatic nitrogens is 2. The molecule has 0 aliphatic heterocycles. The topological polar surface area (TPSA) is 87.8 Å². The Morgan fingerprint density at radius 3 is 2.52 bits per heavy atom. The molecule has 1 N–H and O–H groups in total. The van der Waals surface area contributed by atoms with Crippen molar-refractivity contribution in [1.82, 2.24) is 9.66 Å². The van der Waals surface area contributed by atoms with Crippen LogP contribution in [0.5, 0.6) is 0 Å². The molecule has 0 radical (unpaired) electrons. The minimum Gasteiger partial charge on any atom is -0.267 e. The summed E-state index contributed by atoms with van der Waals surface area (Å²) < 4.78 is 14.4. The zero-order valence-electron chi connectivity index (χ0n) is 16.8. The third-order valence-electron chi connectivity index (χ3n) is 5.02. The summed E-state index contributed by atoms with van der Waals surface area (Å²) in [6, 6.07) is 18.1. The van der Waals surface area contributed by atoms with Crippen molar-refractivity contribution in [1.29, 1.82) is 5.26 Å². The molecule has 0 saturated heterocycles. The van der Waals surface area contributed by atoms with E-state index in [-0.39, 0.29) is 11.4 Å². The quantitative estimate of drug-likeness (QED) is 0.549. The summed E-state index contributed by atoms with van der Waals surface area (Å²) in [5.41, 5.74) is 5.05. The van der Waals surface area contributed by atoms with Crippen LogP contribution in [0.3, 0.4) is 0 Å². The van der Waals surface area contributed by atoms with E-state index < -0.39 is 11.5 Å². The number of hydrogen-bond donors (Lipinski definition) is 1. The van der Waals surface area contributed by atoms with Crippen LogP contribution < -0.4 is 11.0 Å². The number of hydrogen-bond acceptors (Lipinski definition) is 4. The van der Waals surface area contributed by atoms with Gasteiger partial charge in [-0.2, -0.15) is 5.26 Å². The Labute approximate surface area is 177 Å². The second-order valence-corrected chi connectivity index (χ2v) is 7.12. The normalized spacial score (nSPS) is 10.6. The Morgan fingerprint density at radius 2 is 1.81 bits per heavy atom. The Morgan fingerprint density at radius 1 is 1.10 bits per heavy atom. The first-order valence-corrected chi connectivity index (χ1v) is 9.49. The van der Waals surface area contributed by atoms with E-state index in [0.717, 1.165) is 4.68 Å². The van der Waals surface area contributed by atoms with Crippen LogP contribution >= 0.6 is 0 Å². The molecule has 152 valence electrons. The first kappa shape index (κ1) is 20.0. The lowest BCUT2D eigenvalue weighted by Gasteiger charge is -2.15. The van der Waals surface area contributed by atoms with Crippen LogP contribution in [-0.4, -0.2) is 15.6 Å². The van der Waals surface area contributed by atoms with Crippen molar-refractivity contribution < 1.29 is 9.18 Å². The van der Waals surface area contributed by atoms with Crippen molar-refractivity contribution in [2.24, 2.45) is 0 Å². The highest BCUT2D eigenvalue weighted by Crippen LogP contribution is 2.25. The first-order chi connectivity index (χ1) is 14.9. The van der Waals surface area contributed by atoms with E-state index in [0.29, 0.717) is 39.0 Å². The number of aryl methyl sites for hydroxylation is 2. The van der Waals surface area contributed by atoms with Crippen LogP contribution in [0.25, 0.3) is 22.2 Å². The summed E-state index contributed by atoms with van der Waals surface area (Å²) >= 11 is 0. The van der Waals surface area contributed by atoms with E-state index in [4.69, 9.17) is 0 Å². The molecule has 0 bridgehead atoms. The van der Waals surface area contributed by atoms with Gasteiger partial charge in [-0.1, -0.05) is 18.2 Å². The number of nitrogens with one attached hydrogen (secondary N) is 1. The fourth-order valence-electron chi connectivity index (χ4n) is 3.46. The highest BCUT2D eigenvalue weighted by Gasteiger charge is 2.17. The number of nitriles is 1. The number of fused-ring (bicyclic) bond motifs is 1. The molecule has 0 aliphatic carbocycles. The molecule has 7 heteroatoms. The lowest BCUT2D eigenvalue weighted by molar-refractivity contribution is 0.101. The zero-order valence-corrected chi connectivity index (χ0v) is 16.8. The number of carbonyl (C=O) groups excluding carboxylic acids is 1. The number of amides is 1. The fourth-order valence-corrected chi connectivity index (χ4v) is 3.46. The maximum atomic E-state index is 13.3. The summed E-state index contributed by atoms with van der Waals surface area (Å²) in [4.78, 5) is 30.5. The molecule has 0 saturated carbocycles. The van der Waals surface area contributed by atoms with Gasteiger partial charge in [0.05, 0.1) is 16.8 Å². The number of rotatable bonds is 3. The van der Waals surface area contributed by atoms with Crippen molar-refractivity contribution in [2.45, 2.75) is 13.8 Å². The van der Waals surface area contributed by atoms with Crippen molar-refractivity contribution in [2.75, 3.05) is 5.43 Å². The molecule has 4 rings (SSSR count). The van der Waals surface area contributed by atoms with Gasteiger partial charge in [0.2, 0.25) is 0 Å². The minimum atomic E-state index is -0.592. The molecule has 0 fully saturated rings. The molecule has 2 heterocycles. The Kier molecular flexibility index (Phi) is 5.05. The number of halogens is 1. The van der Waals surface area contributed by atoms with Gasteiger partial charge in [-0.25, -0.2) is 14.1 Å². The van der Waals surface area contributed by atoms with E-state index in [1.165, 1.54) is 12.1 Å². The summed E-state index contributed by atoms with van der Waals surface area (Å²) in [5.74, 6) is -0.898. The second-order valence-electron chi connectivity index (χ2n) is 7.12. The lowest BCUT2D eigenvalue weighted by atomic mass is 10.0. The van der Waals surface area contributed by atoms with Crippen LogP contribution in [0.4, 0.5) is 4.39 Å². The average molecular weight is 412 g/mol. The molecule has 2 aromatic heterocycles. The SMILES string of the molecule is Cc1cc(C)n(NC(=O)c2cc(-c3ccc(F)cc3)nc3ccccc23)c(=O)c1C#N. The van der Waals surface area contributed by atoms with E-state index in [1.807, 2.05) is 6.07 Å². The van der Waals surface area contributed by atoms with Gasteiger partial charge in [-0.05, 0) is 61.9 Å². The third kappa shape index (κ3) is 3.67. The summed E-state index contributed by atoms with van der Waals surface area (Å²) in [6.45, 7) is 3.34. The number of carbonyl (C=O) groups is 1. The minimum absolute atomic E-state index is 0.0301. The van der Waals surface area contributed by atoms with Crippen LogP contribution in [0.2, 0.25) is 0 Å². The molecule has 6 nitrogen and oxygen atoms in total. The summed E-state index contributed by atoms with van der Waals surface area (Å²) in [5, 5.41) is 9.88. The third-order valence-corrected chi connectivity index (χ3v) is 5.02. The maximum absolute atomic E-state index is 13.3. The smallest absolute Gasteiger partial charge is 0.267 e. The van der Waals surface area contributed by atoms with Crippen LogP contribution in [0.1, 0.15) is 27.2 Å². The average Bonchev–Trinajstić information content (AvgIpc) is 2.76. The Balaban J connectivity index is 1.85. The van der Waals surface area contributed by atoms with E-state index >= 15 is 0 Å². The Hall–Kier alpha value is -4.31. The molecule has 2 aromatic carbocycles. The predicted octanol–water partition coefficient (Wildman–Crippen LogP) is 4.08. The van der Waals surface area contributed by atoms with Gasteiger partial charge < -0.3 is 0 Å². The fraction of sp³-hybridized carbons (Fsp3) is 0.0833. The van der Waals surface area contributed by atoms with E-state index in [9.17, 15) is 19.2 Å². The van der Waals surface area contributed by atoms with Crippen LogP contribution in [-0.2, 0) is 0 Å².